The number of allylic oxidation sites excluding steroid dienone is 1. The minimum atomic E-state index is -0.280. The van der Waals surface area contributed by atoms with Crippen LogP contribution in [0.3, 0.4) is 0 Å². The van der Waals surface area contributed by atoms with Crippen LogP contribution in [0.2, 0.25) is 0 Å². The van der Waals surface area contributed by atoms with Crippen LogP contribution in [0.4, 0.5) is 4.39 Å². The Bertz CT molecular complexity index is 1070. The Hall–Kier alpha value is -3.19. The van der Waals surface area contributed by atoms with Gasteiger partial charge in [0.15, 0.2) is 5.88 Å². The number of nitrogens with one attached hydrogen (secondary N) is 1. The quantitative estimate of drug-likeness (QED) is 0.528. The van der Waals surface area contributed by atoms with Gasteiger partial charge in [0.1, 0.15) is 11.5 Å². The molecule has 2 aromatic heterocycles. The highest BCUT2D eigenvalue weighted by molar-refractivity contribution is 6.11. The SMILES string of the molecule is CO/C(N)=C(/C=NC1CN(C)C1)c1cnc2[nH]cc(-c3cccc(F)c3)c2c1. The number of nitrogens with two attached hydrogens (primary N) is 1. The number of ether oxygens (including phenoxy) is 1. The Labute approximate surface area is 162 Å². The molecule has 1 aromatic carbocycles. The lowest BCUT2D eigenvalue weighted by molar-refractivity contribution is 0.194. The van der Waals surface area contributed by atoms with Gasteiger partial charge in [-0.15, -0.1) is 0 Å². The van der Waals surface area contributed by atoms with Gasteiger partial charge in [0.05, 0.1) is 18.7 Å². The second-order valence-corrected chi connectivity index (χ2v) is 6.97. The Morgan fingerprint density at radius 2 is 2.21 bits per heavy atom. The van der Waals surface area contributed by atoms with Crippen molar-refractivity contribution in [3.63, 3.8) is 0 Å². The van der Waals surface area contributed by atoms with E-state index in [0.717, 1.165) is 40.8 Å². The number of fused-ring (bicyclic) bond motifs is 1. The highest BCUT2D eigenvalue weighted by atomic mass is 19.1. The van der Waals surface area contributed by atoms with E-state index in [9.17, 15) is 4.39 Å². The Morgan fingerprint density at radius 3 is 2.93 bits per heavy atom. The molecule has 3 aromatic rings. The number of nitrogens with zero attached hydrogens (tertiary/aromatic N) is 3. The van der Waals surface area contributed by atoms with Crippen LogP contribution in [0.15, 0.2) is 53.6 Å². The van der Waals surface area contributed by atoms with Crippen molar-refractivity contribution in [2.24, 2.45) is 10.7 Å². The van der Waals surface area contributed by atoms with Crippen LogP contribution in [-0.4, -0.2) is 54.4 Å². The molecule has 0 amide bonds. The molecule has 0 bridgehead atoms. The van der Waals surface area contributed by atoms with Crippen molar-refractivity contribution in [2.75, 3.05) is 27.2 Å². The Kier molecular flexibility index (Phi) is 4.83. The van der Waals surface area contributed by atoms with Crippen molar-refractivity contribution in [3.8, 4) is 11.1 Å². The predicted molar refractivity (Wildman–Crippen MR) is 109 cm³/mol. The highest BCUT2D eigenvalue weighted by Crippen LogP contribution is 2.30. The molecule has 0 saturated carbocycles. The first-order valence-corrected chi connectivity index (χ1v) is 9.04. The van der Waals surface area contributed by atoms with Gasteiger partial charge in [-0.25, -0.2) is 9.37 Å². The summed E-state index contributed by atoms with van der Waals surface area (Å²) in [5.41, 5.74) is 9.92. The van der Waals surface area contributed by atoms with Crippen molar-refractivity contribution in [1.29, 1.82) is 0 Å². The lowest BCUT2D eigenvalue weighted by Crippen LogP contribution is -2.46. The summed E-state index contributed by atoms with van der Waals surface area (Å²) in [5.74, 6) is -0.00167. The van der Waals surface area contributed by atoms with Gasteiger partial charge in [-0.3, -0.25) is 4.99 Å². The van der Waals surface area contributed by atoms with E-state index >= 15 is 0 Å². The van der Waals surface area contributed by atoms with E-state index in [-0.39, 0.29) is 17.7 Å². The predicted octanol–water partition coefficient (Wildman–Crippen LogP) is 3.03. The number of likely N-dealkylation sites (N-methyl/N-ethyl adjacent to an activating group) is 1. The summed E-state index contributed by atoms with van der Waals surface area (Å²) in [7, 11) is 3.59. The normalized spacial score (nSPS) is 16.4. The van der Waals surface area contributed by atoms with E-state index in [0.29, 0.717) is 5.57 Å². The fourth-order valence-corrected chi connectivity index (χ4v) is 3.38. The van der Waals surface area contributed by atoms with E-state index in [4.69, 9.17) is 10.5 Å². The van der Waals surface area contributed by atoms with Crippen molar-refractivity contribution >= 4 is 22.8 Å². The smallest absolute Gasteiger partial charge is 0.193 e. The zero-order valence-corrected chi connectivity index (χ0v) is 15.8. The van der Waals surface area contributed by atoms with Gasteiger partial charge in [-0.05, 0) is 30.8 Å². The van der Waals surface area contributed by atoms with E-state index in [1.807, 2.05) is 18.3 Å². The summed E-state index contributed by atoms with van der Waals surface area (Å²) < 4.78 is 18.9. The minimum Gasteiger partial charge on any atom is -0.482 e. The van der Waals surface area contributed by atoms with Crippen LogP contribution in [0, 0.1) is 5.82 Å². The van der Waals surface area contributed by atoms with E-state index in [2.05, 4.69) is 26.9 Å². The van der Waals surface area contributed by atoms with Crippen molar-refractivity contribution in [2.45, 2.75) is 6.04 Å². The number of aliphatic imine (C=N–C) groups is 1. The van der Waals surface area contributed by atoms with Crippen molar-refractivity contribution in [3.05, 3.63) is 60.0 Å². The van der Waals surface area contributed by atoms with Crippen LogP contribution in [0.5, 0.6) is 0 Å². The number of aromatic amines is 1. The fraction of sp³-hybridized carbons (Fsp3) is 0.238. The molecule has 1 aliphatic rings. The Balaban J connectivity index is 1.75. The average Bonchev–Trinajstić information content (AvgIpc) is 3.09. The van der Waals surface area contributed by atoms with Gasteiger partial charge >= 0.3 is 0 Å². The summed E-state index contributed by atoms with van der Waals surface area (Å²) in [4.78, 5) is 14.4. The molecule has 0 radical (unpaired) electrons. The number of hydrogen-bond donors (Lipinski definition) is 2. The maximum atomic E-state index is 13.7. The largest absolute Gasteiger partial charge is 0.482 e. The lowest BCUT2D eigenvalue weighted by Gasteiger charge is -2.33. The third-order valence-electron chi connectivity index (χ3n) is 4.92. The van der Waals surface area contributed by atoms with Gasteiger partial charge < -0.3 is 20.4 Å². The molecule has 1 fully saturated rings. The first-order chi connectivity index (χ1) is 13.5. The molecule has 1 saturated heterocycles. The molecule has 0 atom stereocenters. The monoisotopic (exact) mass is 379 g/mol. The number of aromatic nitrogens is 2. The van der Waals surface area contributed by atoms with Gasteiger partial charge in [0, 0.05) is 48.2 Å². The summed E-state index contributed by atoms with van der Waals surface area (Å²) in [5, 5.41) is 0.876. The van der Waals surface area contributed by atoms with Crippen LogP contribution >= 0.6 is 0 Å². The first-order valence-electron chi connectivity index (χ1n) is 9.04. The number of benzene rings is 1. The van der Waals surface area contributed by atoms with Gasteiger partial charge in [-0.1, -0.05) is 12.1 Å². The molecular weight excluding hydrogens is 357 g/mol. The zero-order valence-electron chi connectivity index (χ0n) is 15.8. The third kappa shape index (κ3) is 3.48. The lowest BCUT2D eigenvalue weighted by atomic mass is 10.0. The highest BCUT2D eigenvalue weighted by Gasteiger charge is 2.22. The molecule has 3 N–H and O–H groups in total. The third-order valence-corrected chi connectivity index (χ3v) is 4.92. The molecule has 1 aliphatic heterocycles. The van der Waals surface area contributed by atoms with Crippen LogP contribution < -0.4 is 5.73 Å². The van der Waals surface area contributed by atoms with Crippen LogP contribution in [0.1, 0.15) is 5.56 Å². The maximum absolute atomic E-state index is 13.7. The molecule has 0 unspecified atom stereocenters. The Morgan fingerprint density at radius 1 is 1.39 bits per heavy atom. The molecule has 7 heteroatoms. The van der Waals surface area contributed by atoms with Gasteiger partial charge in [0.2, 0.25) is 0 Å². The van der Waals surface area contributed by atoms with Crippen LogP contribution in [-0.2, 0) is 4.74 Å². The molecule has 3 heterocycles. The molecule has 0 spiro atoms. The van der Waals surface area contributed by atoms with Gasteiger partial charge in [-0.2, -0.15) is 0 Å². The first kappa shape index (κ1) is 18.2. The number of pyridine rings is 1. The molecule has 144 valence electrons. The molecule has 28 heavy (non-hydrogen) atoms. The standard InChI is InChI=1S/C21H22FN5O/c1-27-11-16(12-27)24-10-19(20(23)28-2)14-7-17-18(9-26-21(17)25-8-14)13-4-3-5-15(22)6-13/h3-10,16H,11-12,23H2,1-2H3,(H,25,26)/b20-19-,24-10?. The number of halogens is 1. The second kappa shape index (κ2) is 7.44. The second-order valence-electron chi connectivity index (χ2n) is 6.97. The molecule has 4 rings (SSSR count). The van der Waals surface area contributed by atoms with E-state index < -0.39 is 0 Å². The van der Waals surface area contributed by atoms with Crippen molar-refractivity contribution in [1.82, 2.24) is 14.9 Å². The van der Waals surface area contributed by atoms with Crippen LogP contribution in [0.25, 0.3) is 27.7 Å². The maximum Gasteiger partial charge on any atom is 0.193 e. The zero-order chi connectivity index (χ0) is 19.7. The minimum absolute atomic E-state index is 0.261. The molecule has 6 nitrogen and oxygen atoms in total. The number of rotatable bonds is 5. The van der Waals surface area contributed by atoms with Crippen molar-refractivity contribution < 1.29 is 9.13 Å². The number of methoxy groups -OCH3 is 1. The fourth-order valence-electron chi connectivity index (χ4n) is 3.38. The summed E-state index contributed by atoms with van der Waals surface area (Å²) in [6.07, 6.45) is 5.32. The average molecular weight is 379 g/mol. The molecular formula is C21H22FN5O. The van der Waals surface area contributed by atoms with E-state index in [1.54, 1.807) is 18.5 Å². The number of likely N-dealkylation sites (tertiary alicyclic amines) is 1. The van der Waals surface area contributed by atoms with Gasteiger partial charge in [0.25, 0.3) is 0 Å². The number of hydrogen-bond acceptors (Lipinski definition) is 5. The summed E-state index contributed by atoms with van der Waals surface area (Å²) in [6, 6.07) is 8.72. The number of H-pyrrole nitrogens is 1. The summed E-state index contributed by atoms with van der Waals surface area (Å²) in [6.45, 7) is 1.85. The van der Waals surface area contributed by atoms with E-state index in [1.165, 1.54) is 19.2 Å². The summed E-state index contributed by atoms with van der Waals surface area (Å²) >= 11 is 0. The molecule has 0 aliphatic carbocycles. The topological polar surface area (TPSA) is 79.5 Å².